The monoisotopic (exact) mass is 599 g/mol. The fourth-order valence-corrected chi connectivity index (χ4v) is 7.25. The molecule has 2 heterocycles. The van der Waals surface area contributed by atoms with Crippen LogP contribution in [0.25, 0.3) is 0 Å². The van der Waals surface area contributed by atoms with Crippen molar-refractivity contribution in [2.24, 2.45) is 0 Å². The zero-order chi connectivity index (χ0) is 28.9. The molecule has 11 heteroatoms. The Morgan fingerprint density at radius 2 is 1.32 bits per heavy atom. The van der Waals surface area contributed by atoms with E-state index in [0.29, 0.717) is 39.3 Å². The first-order valence-corrected chi connectivity index (χ1v) is 17.2. The van der Waals surface area contributed by atoms with Gasteiger partial charge in [0.25, 0.3) is 0 Å². The van der Waals surface area contributed by atoms with Crippen LogP contribution < -0.4 is 4.90 Å². The first kappa shape index (κ1) is 29.7. The zero-order valence-electron chi connectivity index (χ0n) is 23.3. The van der Waals surface area contributed by atoms with Gasteiger partial charge in [0.2, 0.25) is 10.0 Å². The summed E-state index contributed by atoms with van der Waals surface area (Å²) in [7, 11) is -7.08. The highest BCUT2D eigenvalue weighted by Crippen LogP contribution is 2.28. The van der Waals surface area contributed by atoms with Gasteiger partial charge in [-0.1, -0.05) is 42.5 Å². The SMILES string of the molecule is CS(=O)(=O)c1ccc(S(=O)(=O)N2CCN(CCOC(c3ccccc3)c3ccc(N4CCOCC4)cc3)CC2)cc1. The summed E-state index contributed by atoms with van der Waals surface area (Å²) in [5.74, 6) is 0. The average Bonchev–Trinajstić information content (AvgIpc) is 3.00. The number of hydrogen-bond donors (Lipinski definition) is 0. The van der Waals surface area contributed by atoms with E-state index in [1.807, 2.05) is 18.2 Å². The van der Waals surface area contributed by atoms with Crippen molar-refractivity contribution in [2.75, 3.05) is 76.8 Å². The highest BCUT2D eigenvalue weighted by molar-refractivity contribution is 7.90. The van der Waals surface area contributed by atoms with Crippen molar-refractivity contribution < 1.29 is 26.3 Å². The summed E-state index contributed by atoms with van der Waals surface area (Å²) in [5.41, 5.74) is 3.36. The van der Waals surface area contributed by atoms with E-state index in [0.717, 1.165) is 43.7 Å². The maximum Gasteiger partial charge on any atom is 0.243 e. The van der Waals surface area contributed by atoms with Crippen LogP contribution >= 0.6 is 0 Å². The van der Waals surface area contributed by atoms with Gasteiger partial charge in [0.1, 0.15) is 6.10 Å². The van der Waals surface area contributed by atoms with Crippen LogP contribution in [0.5, 0.6) is 0 Å². The van der Waals surface area contributed by atoms with Crippen molar-refractivity contribution in [1.29, 1.82) is 0 Å². The molecule has 2 saturated heterocycles. The molecule has 2 aliphatic heterocycles. The molecule has 1 unspecified atom stereocenters. The molecule has 3 aromatic rings. The van der Waals surface area contributed by atoms with Gasteiger partial charge >= 0.3 is 0 Å². The van der Waals surface area contributed by atoms with Gasteiger partial charge in [0, 0.05) is 57.8 Å². The average molecular weight is 600 g/mol. The van der Waals surface area contributed by atoms with Crippen LogP contribution in [-0.2, 0) is 29.3 Å². The number of sulfonamides is 1. The molecule has 0 aromatic heterocycles. The van der Waals surface area contributed by atoms with Gasteiger partial charge in [-0.05, 0) is 47.5 Å². The number of morpholine rings is 1. The predicted octanol–water partition coefficient (Wildman–Crippen LogP) is 3.04. The Kier molecular flexibility index (Phi) is 9.42. The van der Waals surface area contributed by atoms with Crippen LogP contribution in [0.2, 0.25) is 0 Å². The second-order valence-electron chi connectivity index (χ2n) is 10.3. The highest BCUT2D eigenvalue weighted by Gasteiger charge is 2.29. The Morgan fingerprint density at radius 3 is 1.93 bits per heavy atom. The van der Waals surface area contributed by atoms with Crippen LogP contribution in [0.15, 0.2) is 88.7 Å². The molecule has 9 nitrogen and oxygen atoms in total. The van der Waals surface area contributed by atoms with E-state index < -0.39 is 19.9 Å². The lowest BCUT2D eigenvalue weighted by atomic mass is 10.0. The van der Waals surface area contributed by atoms with Crippen molar-refractivity contribution in [2.45, 2.75) is 15.9 Å². The Labute approximate surface area is 243 Å². The summed E-state index contributed by atoms with van der Waals surface area (Å²) in [6.45, 7) is 6.37. The summed E-state index contributed by atoms with van der Waals surface area (Å²) in [6.07, 6.45) is 0.899. The van der Waals surface area contributed by atoms with Crippen molar-refractivity contribution in [3.63, 3.8) is 0 Å². The molecule has 0 aliphatic carbocycles. The largest absolute Gasteiger partial charge is 0.378 e. The van der Waals surface area contributed by atoms with Crippen molar-refractivity contribution in [1.82, 2.24) is 9.21 Å². The van der Waals surface area contributed by atoms with Gasteiger partial charge in [-0.3, -0.25) is 4.90 Å². The third-order valence-corrected chi connectivity index (χ3v) is 10.6. The molecule has 0 bridgehead atoms. The molecule has 0 amide bonds. The van der Waals surface area contributed by atoms with Gasteiger partial charge in [-0.15, -0.1) is 0 Å². The topological polar surface area (TPSA) is 96.5 Å². The van der Waals surface area contributed by atoms with E-state index in [2.05, 4.69) is 46.2 Å². The Hall–Kier alpha value is -2.80. The minimum atomic E-state index is -3.70. The summed E-state index contributed by atoms with van der Waals surface area (Å²) in [4.78, 5) is 4.74. The van der Waals surface area contributed by atoms with E-state index in [4.69, 9.17) is 9.47 Å². The van der Waals surface area contributed by atoms with Crippen LogP contribution in [0, 0.1) is 0 Å². The molecule has 0 spiro atoms. The highest BCUT2D eigenvalue weighted by atomic mass is 32.2. The lowest BCUT2D eigenvalue weighted by Crippen LogP contribution is -2.49. The van der Waals surface area contributed by atoms with E-state index >= 15 is 0 Å². The number of ether oxygens (including phenoxy) is 2. The molecule has 2 aliphatic rings. The normalized spacial score (nSPS) is 18.3. The number of nitrogens with zero attached hydrogens (tertiary/aromatic N) is 3. The maximum atomic E-state index is 13.1. The fourth-order valence-electron chi connectivity index (χ4n) is 5.20. The molecular formula is C30H37N3O6S2. The Morgan fingerprint density at radius 1 is 0.732 bits per heavy atom. The lowest BCUT2D eigenvalue weighted by molar-refractivity contribution is 0.0527. The van der Waals surface area contributed by atoms with Gasteiger partial charge in [0.05, 0.1) is 29.6 Å². The summed E-state index contributed by atoms with van der Waals surface area (Å²) in [6, 6.07) is 24.2. The zero-order valence-corrected chi connectivity index (χ0v) is 24.9. The number of rotatable bonds is 10. The van der Waals surface area contributed by atoms with E-state index in [9.17, 15) is 16.8 Å². The predicted molar refractivity (Wildman–Crippen MR) is 158 cm³/mol. The van der Waals surface area contributed by atoms with E-state index in [1.165, 1.54) is 34.3 Å². The van der Waals surface area contributed by atoms with Crippen molar-refractivity contribution in [3.05, 3.63) is 90.0 Å². The molecule has 0 radical (unpaired) electrons. The van der Waals surface area contributed by atoms with E-state index in [-0.39, 0.29) is 15.9 Å². The van der Waals surface area contributed by atoms with Crippen molar-refractivity contribution >= 4 is 25.5 Å². The Balaban J connectivity index is 1.17. The van der Waals surface area contributed by atoms with Gasteiger partial charge in [-0.2, -0.15) is 4.31 Å². The number of piperazine rings is 1. The number of sulfone groups is 1. The standard InChI is InChI=1S/C30H37N3O6S2/c1-40(34,35)28-11-13-29(14-12-28)41(36,37)33-17-15-31(16-18-33)19-24-39-30(25-5-3-2-4-6-25)26-7-9-27(10-8-26)32-20-22-38-23-21-32/h2-14,30H,15-24H2,1H3. The molecule has 220 valence electrons. The molecule has 3 aromatic carbocycles. The second-order valence-corrected chi connectivity index (χ2v) is 14.3. The summed E-state index contributed by atoms with van der Waals surface area (Å²) < 4.78 is 63.1. The third-order valence-electron chi connectivity index (χ3n) is 7.59. The van der Waals surface area contributed by atoms with Gasteiger partial charge in [0.15, 0.2) is 9.84 Å². The number of hydrogen-bond acceptors (Lipinski definition) is 8. The smallest absolute Gasteiger partial charge is 0.243 e. The first-order valence-electron chi connectivity index (χ1n) is 13.8. The minimum absolute atomic E-state index is 0.100. The van der Waals surface area contributed by atoms with E-state index in [1.54, 1.807) is 0 Å². The molecule has 2 fully saturated rings. The second kappa shape index (κ2) is 13.0. The Bertz CT molecular complexity index is 1480. The first-order chi connectivity index (χ1) is 19.7. The fraction of sp³-hybridized carbons (Fsp3) is 0.400. The molecular weight excluding hydrogens is 562 g/mol. The van der Waals surface area contributed by atoms with Crippen LogP contribution in [0.4, 0.5) is 5.69 Å². The van der Waals surface area contributed by atoms with Crippen LogP contribution in [0.1, 0.15) is 17.2 Å². The van der Waals surface area contributed by atoms with Gasteiger partial charge in [-0.25, -0.2) is 16.8 Å². The molecule has 41 heavy (non-hydrogen) atoms. The summed E-state index contributed by atoms with van der Waals surface area (Å²) >= 11 is 0. The van der Waals surface area contributed by atoms with Crippen molar-refractivity contribution in [3.8, 4) is 0 Å². The van der Waals surface area contributed by atoms with Gasteiger partial charge < -0.3 is 14.4 Å². The maximum absolute atomic E-state index is 13.1. The third kappa shape index (κ3) is 7.35. The molecule has 1 atom stereocenters. The van der Waals surface area contributed by atoms with Crippen LogP contribution in [-0.4, -0.2) is 97.9 Å². The number of anilines is 1. The minimum Gasteiger partial charge on any atom is -0.378 e. The summed E-state index contributed by atoms with van der Waals surface area (Å²) in [5, 5.41) is 0. The quantitative estimate of drug-likeness (QED) is 0.351. The van der Waals surface area contributed by atoms with Crippen LogP contribution in [0.3, 0.4) is 0 Å². The molecule has 0 saturated carbocycles. The number of benzene rings is 3. The molecule has 0 N–H and O–H groups in total. The molecule has 5 rings (SSSR count). The lowest BCUT2D eigenvalue weighted by Gasteiger charge is -2.34.